The number of nitrogens with one attached hydrogen (secondary N) is 1. The lowest BCUT2D eigenvalue weighted by molar-refractivity contribution is -0.143. The number of hydrogen-bond donors (Lipinski definition) is 4. The van der Waals surface area contributed by atoms with Gasteiger partial charge >= 0.3 is 11.9 Å². The molecule has 19 heavy (non-hydrogen) atoms. The number of hydrogen-bond acceptors (Lipinski definition) is 4. The maximum absolute atomic E-state index is 11.7. The fourth-order valence-corrected chi connectivity index (χ4v) is 1.50. The van der Waals surface area contributed by atoms with Crippen LogP contribution in [0.25, 0.3) is 0 Å². The van der Waals surface area contributed by atoms with E-state index in [-0.39, 0.29) is 25.2 Å². The molecule has 3 atom stereocenters. The summed E-state index contributed by atoms with van der Waals surface area (Å²) in [6.07, 6.45) is 0.841. The van der Waals surface area contributed by atoms with Gasteiger partial charge in [-0.1, -0.05) is 20.3 Å². The normalized spacial score (nSPS) is 15.3. The molecular formula is C12H22N2O5. The van der Waals surface area contributed by atoms with Crippen LogP contribution in [0.4, 0.5) is 0 Å². The van der Waals surface area contributed by atoms with Gasteiger partial charge in [0.05, 0.1) is 6.04 Å². The predicted octanol–water partition coefficient (Wildman–Crippen LogP) is 0.184. The second-order valence-electron chi connectivity index (χ2n) is 4.60. The molecule has 5 N–H and O–H groups in total. The highest BCUT2D eigenvalue weighted by atomic mass is 16.4. The smallest absolute Gasteiger partial charge is 0.326 e. The van der Waals surface area contributed by atoms with Crippen molar-refractivity contribution >= 4 is 17.8 Å². The van der Waals surface area contributed by atoms with Crippen molar-refractivity contribution < 1.29 is 24.6 Å². The van der Waals surface area contributed by atoms with Crippen molar-refractivity contribution in [1.82, 2.24) is 5.32 Å². The lowest BCUT2D eigenvalue weighted by Gasteiger charge is -2.21. The third-order valence-electron chi connectivity index (χ3n) is 3.06. The minimum atomic E-state index is -1.19. The van der Waals surface area contributed by atoms with E-state index in [1.54, 1.807) is 0 Å². The second kappa shape index (κ2) is 8.47. The lowest BCUT2D eigenvalue weighted by Crippen LogP contribution is -2.50. The number of carbonyl (C=O) groups is 3. The van der Waals surface area contributed by atoms with Gasteiger partial charge in [-0.15, -0.1) is 0 Å². The van der Waals surface area contributed by atoms with Crippen molar-refractivity contribution in [2.24, 2.45) is 11.7 Å². The first-order chi connectivity index (χ1) is 8.79. The van der Waals surface area contributed by atoms with E-state index in [0.29, 0.717) is 6.42 Å². The molecule has 0 aromatic heterocycles. The topological polar surface area (TPSA) is 130 Å². The Hall–Kier alpha value is -1.63. The Morgan fingerprint density at radius 2 is 1.84 bits per heavy atom. The number of carbonyl (C=O) groups excluding carboxylic acids is 1. The van der Waals surface area contributed by atoms with Crippen LogP contribution in [0.2, 0.25) is 0 Å². The molecule has 7 heteroatoms. The zero-order valence-electron chi connectivity index (χ0n) is 11.3. The minimum Gasteiger partial charge on any atom is -0.481 e. The van der Waals surface area contributed by atoms with Gasteiger partial charge in [-0.2, -0.15) is 0 Å². The van der Waals surface area contributed by atoms with Gasteiger partial charge < -0.3 is 21.3 Å². The largest absolute Gasteiger partial charge is 0.481 e. The molecule has 0 unspecified atom stereocenters. The Morgan fingerprint density at radius 3 is 2.26 bits per heavy atom. The first-order valence-electron chi connectivity index (χ1n) is 6.30. The Kier molecular flexibility index (Phi) is 7.74. The summed E-state index contributed by atoms with van der Waals surface area (Å²) < 4.78 is 0. The third-order valence-corrected chi connectivity index (χ3v) is 3.06. The summed E-state index contributed by atoms with van der Waals surface area (Å²) in [6.45, 7) is 3.70. The number of amides is 1. The molecule has 0 spiro atoms. The van der Waals surface area contributed by atoms with Crippen LogP contribution in [0.5, 0.6) is 0 Å². The summed E-state index contributed by atoms with van der Waals surface area (Å²) in [4.78, 5) is 33.1. The maximum Gasteiger partial charge on any atom is 0.326 e. The minimum absolute atomic E-state index is 0.0477. The highest BCUT2D eigenvalue weighted by Crippen LogP contribution is 2.07. The zero-order valence-corrected chi connectivity index (χ0v) is 11.3. The van der Waals surface area contributed by atoms with Gasteiger partial charge in [-0.3, -0.25) is 9.59 Å². The summed E-state index contributed by atoms with van der Waals surface area (Å²) in [6, 6.07) is -1.85. The first-order valence-corrected chi connectivity index (χ1v) is 6.30. The molecule has 0 aliphatic rings. The molecule has 0 aliphatic carbocycles. The molecule has 0 heterocycles. The van der Waals surface area contributed by atoms with E-state index in [2.05, 4.69) is 5.32 Å². The molecule has 7 nitrogen and oxygen atoms in total. The molecule has 1 amide bonds. The quantitative estimate of drug-likeness (QED) is 0.474. The van der Waals surface area contributed by atoms with E-state index in [4.69, 9.17) is 15.9 Å². The van der Waals surface area contributed by atoms with Gasteiger partial charge in [0.1, 0.15) is 6.04 Å². The first kappa shape index (κ1) is 17.4. The Balaban J connectivity index is 4.37. The van der Waals surface area contributed by atoms with Crippen molar-refractivity contribution in [2.45, 2.75) is 51.6 Å². The molecular weight excluding hydrogens is 252 g/mol. The summed E-state index contributed by atoms with van der Waals surface area (Å²) in [5, 5.41) is 19.8. The molecule has 0 aromatic rings. The van der Waals surface area contributed by atoms with Crippen molar-refractivity contribution in [3.8, 4) is 0 Å². The average Bonchev–Trinajstić information content (AvgIpc) is 2.34. The van der Waals surface area contributed by atoms with Gasteiger partial charge in [0.25, 0.3) is 0 Å². The van der Waals surface area contributed by atoms with Gasteiger partial charge in [-0.05, 0) is 18.8 Å². The predicted molar refractivity (Wildman–Crippen MR) is 68.5 cm³/mol. The molecule has 0 fully saturated rings. The Labute approximate surface area is 112 Å². The standard InChI is InChI=1S/C12H22N2O5/c1-3-7(2)10(13)11(17)14-8(12(18)19)5-4-6-9(15)16/h7-8,10H,3-6,13H2,1-2H3,(H,14,17)(H,15,16)(H,18,19)/t7-,8+,10-/m0/s1. The lowest BCUT2D eigenvalue weighted by atomic mass is 9.99. The molecule has 0 radical (unpaired) electrons. The molecule has 0 rings (SSSR count). The maximum atomic E-state index is 11.7. The van der Waals surface area contributed by atoms with Gasteiger partial charge in [-0.25, -0.2) is 4.79 Å². The zero-order chi connectivity index (χ0) is 15.0. The van der Waals surface area contributed by atoms with Crippen LogP contribution >= 0.6 is 0 Å². The summed E-state index contributed by atoms with van der Waals surface area (Å²) >= 11 is 0. The Morgan fingerprint density at radius 1 is 1.26 bits per heavy atom. The summed E-state index contributed by atoms with van der Waals surface area (Å²) in [5.41, 5.74) is 5.70. The fraction of sp³-hybridized carbons (Fsp3) is 0.750. The monoisotopic (exact) mass is 274 g/mol. The van der Waals surface area contributed by atoms with Crippen LogP contribution in [0.15, 0.2) is 0 Å². The van der Waals surface area contributed by atoms with E-state index >= 15 is 0 Å². The van der Waals surface area contributed by atoms with E-state index in [0.717, 1.165) is 0 Å². The molecule has 0 bridgehead atoms. The van der Waals surface area contributed by atoms with Crippen LogP contribution in [-0.4, -0.2) is 40.1 Å². The van der Waals surface area contributed by atoms with Crippen molar-refractivity contribution in [1.29, 1.82) is 0 Å². The number of aliphatic carboxylic acids is 2. The van der Waals surface area contributed by atoms with E-state index in [1.807, 2.05) is 13.8 Å². The third kappa shape index (κ3) is 6.76. The van der Waals surface area contributed by atoms with Crippen LogP contribution in [0, 0.1) is 5.92 Å². The number of carboxylic acid groups (broad SMARTS) is 2. The van der Waals surface area contributed by atoms with Crippen molar-refractivity contribution in [2.75, 3.05) is 0 Å². The highest BCUT2D eigenvalue weighted by Gasteiger charge is 2.25. The Bertz CT molecular complexity index is 332. The fourth-order valence-electron chi connectivity index (χ4n) is 1.50. The van der Waals surface area contributed by atoms with E-state index in [1.165, 1.54) is 0 Å². The van der Waals surface area contributed by atoms with Crippen molar-refractivity contribution in [3.63, 3.8) is 0 Å². The van der Waals surface area contributed by atoms with Gasteiger partial charge in [0, 0.05) is 6.42 Å². The molecule has 0 saturated heterocycles. The SMILES string of the molecule is CC[C@H](C)[C@H](N)C(=O)N[C@H](CCCC(=O)O)C(=O)O. The van der Waals surface area contributed by atoms with Crippen molar-refractivity contribution in [3.05, 3.63) is 0 Å². The number of carboxylic acids is 2. The van der Waals surface area contributed by atoms with Crippen LogP contribution < -0.4 is 11.1 Å². The number of rotatable bonds is 9. The molecule has 0 aromatic carbocycles. The summed E-state index contributed by atoms with van der Waals surface area (Å²) in [7, 11) is 0. The van der Waals surface area contributed by atoms with E-state index in [9.17, 15) is 14.4 Å². The average molecular weight is 274 g/mol. The van der Waals surface area contributed by atoms with E-state index < -0.39 is 29.9 Å². The highest BCUT2D eigenvalue weighted by molar-refractivity contribution is 5.86. The van der Waals surface area contributed by atoms with Crippen LogP contribution in [0.3, 0.4) is 0 Å². The van der Waals surface area contributed by atoms with Crippen LogP contribution in [0.1, 0.15) is 39.5 Å². The molecule has 0 saturated carbocycles. The van der Waals surface area contributed by atoms with Crippen LogP contribution in [-0.2, 0) is 14.4 Å². The van der Waals surface area contributed by atoms with Gasteiger partial charge in [0.2, 0.25) is 5.91 Å². The molecule has 0 aliphatic heterocycles. The summed E-state index contributed by atoms with van der Waals surface area (Å²) in [5.74, 6) is -2.74. The second-order valence-corrected chi connectivity index (χ2v) is 4.60. The molecule has 110 valence electrons. The van der Waals surface area contributed by atoms with Gasteiger partial charge in [0.15, 0.2) is 0 Å². The number of nitrogens with two attached hydrogens (primary N) is 1.